The van der Waals surface area contributed by atoms with Gasteiger partial charge in [-0.3, -0.25) is 0 Å². The first-order valence-electron chi connectivity index (χ1n) is 6.08. The normalized spacial score (nSPS) is 27.7. The summed E-state index contributed by atoms with van der Waals surface area (Å²) in [4.78, 5) is 0. The Morgan fingerprint density at radius 1 is 0.769 bits per heavy atom. The third-order valence-electron chi connectivity index (χ3n) is 3.78. The van der Waals surface area contributed by atoms with Crippen LogP contribution < -0.4 is 5.32 Å². The molecule has 1 saturated carbocycles. The Kier molecular flexibility index (Phi) is 3.65. The average Bonchev–Trinajstić information content (AvgIpc) is 2.21. The summed E-state index contributed by atoms with van der Waals surface area (Å²) < 4.78 is 0. The maximum absolute atomic E-state index is 4.42. The minimum atomic E-state index is 1.03. The molecule has 0 aromatic rings. The molecule has 1 aliphatic carbocycles. The zero-order chi connectivity index (χ0) is 8.93. The SMILES string of the molecule is C1CCC(CC2CC[N]CC2)CC1. The summed E-state index contributed by atoms with van der Waals surface area (Å²) in [5.41, 5.74) is 0. The molecule has 0 atom stereocenters. The largest absolute Gasteiger partial charge is 0.242 e. The minimum absolute atomic E-state index is 1.03. The molecule has 0 unspecified atom stereocenters. The Balaban J connectivity index is 1.69. The third-order valence-corrected chi connectivity index (χ3v) is 3.78. The summed E-state index contributed by atoms with van der Waals surface area (Å²) in [7, 11) is 0. The van der Waals surface area contributed by atoms with Gasteiger partial charge in [0.25, 0.3) is 0 Å². The van der Waals surface area contributed by atoms with Gasteiger partial charge in [0.2, 0.25) is 0 Å². The van der Waals surface area contributed by atoms with E-state index in [0.29, 0.717) is 0 Å². The highest BCUT2D eigenvalue weighted by Gasteiger charge is 2.20. The van der Waals surface area contributed by atoms with Gasteiger partial charge in [-0.2, -0.15) is 0 Å². The molecule has 2 aliphatic rings. The summed E-state index contributed by atoms with van der Waals surface area (Å²) in [5, 5.41) is 4.42. The lowest BCUT2D eigenvalue weighted by atomic mass is 9.80. The van der Waals surface area contributed by atoms with Gasteiger partial charge < -0.3 is 0 Å². The van der Waals surface area contributed by atoms with Crippen LogP contribution in [0.15, 0.2) is 0 Å². The summed E-state index contributed by atoms with van der Waals surface area (Å²) in [6, 6.07) is 0. The molecular formula is C12H22N. The van der Waals surface area contributed by atoms with Gasteiger partial charge in [-0.1, -0.05) is 32.1 Å². The molecule has 1 heterocycles. The van der Waals surface area contributed by atoms with E-state index in [2.05, 4.69) is 5.32 Å². The first kappa shape index (κ1) is 9.51. The highest BCUT2D eigenvalue weighted by molar-refractivity contribution is 4.74. The fourth-order valence-electron chi connectivity index (χ4n) is 2.93. The van der Waals surface area contributed by atoms with Crippen molar-refractivity contribution in [2.75, 3.05) is 13.1 Å². The fourth-order valence-corrected chi connectivity index (χ4v) is 2.93. The second-order valence-electron chi connectivity index (χ2n) is 4.85. The predicted molar refractivity (Wildman–Crippen MR) is 55.8 cm³/mol. The van der Waals surface area contributed by atoms with Crippen LogP contribution in [-0.2, 0) is 0 Å². The Hall–Kier alpha value is -0.0400. The van der Waals surface area contributed by atoms with Crippen LogP contribution in [0.2, 0.25) is 0 Å². The Morgan fingerprint density at radius 2 is 1.38 bits per heavy atom. The van der Waals surface area contributed by atoms with Crippen LogP contribution in [0, 0.1) is 11.8 Å². The van der Waals surface area contributed by atoms with E-state index in [4.69, 9.17) is 0 Å². The van der Waals surface area contributed by atoms with E-state index >= 15 is 0 Å². The van der Waals surface area contributed by atoms with Gasteiger partial charge in [-0.05, 0) is 31.1 Å². The van der Waals surface area contributed by atoms with Crippen LogP contribution in [0.3, 0.4) is 0 Å². The van der Waals surface area contributed by atoms with Crippen molar-refractivity contribution in [3.63, 3.8) is 0 Å². The number of hydrogen-bond acceptors (Lipinski definition) is 0. The predicted octanol–water partition coefficient (Wildman–Crippen LogP) is 2.97. The first-order chi connectivity index (χ1) is 6.45. The Bertz CT molecular complexity index is 116. The number of nitrogens with zero attached hydrogens (tertiary/aromatic N) is 1. The van der Waals surface area contributed by atoms with Crippen LogP contribution in [-0.4, -0.2) is 13.1 Å². The monoisotopic (exact) mass is 180 g/mol. The van der Waals surface area contributed by atoms with Gasteiger partial charge in [-0.15, -0.1) is 0 Å². The molecule has 0 bridgehead atoms. The molecule has 0 aromatic carbocycles. The summed E-state index contributed by atoms with van der Waals surface area (Å²) in [5.74, 6) is 2.11. The number of piperidine rings is 1. The Morgan fingerprint density at radius 3 is 2.08 bits per heavy atom. The van der Waals surface area contributed by atoms with Gasteiger partial charge in [0.15, 0.2) is 0 Å². The van der Waals surface area contributed by atoms with Crippen molar-refractivity contribution in [1.29, 1.82) is 0 Å². The summed E-state index contributed by atoms with van der Waals surface area (Å²) in [6.45, 7) is 2.30. The van der Waals surface area contributed by atoms with E-state index in [1.165, 1.54) is 51.4 Å². The lowest BCUT2D eigenvalue weighted by Gasteiger charge is -2.28. The van der Waals surface area contributed by atoms with Crippen molar-refractivity contribution >= 4 is 0 Å². The highest BCUT2D eigenvalue weighted by Crippen LogP contribution is 2.31. The molecule has 0 N–H and O–H groups in total. The molecule has 1 radical (unpaired) electrons. The fraction of sp³-hybridized carbons (Fsp3) is 1.00. The topological polar surface area (TPSA) is 14.1 Å². The molecule has 0 spiro atoms. The molecule has 13 heavy (non-hydrogen) atoms. The molecule has 1 saturated heterocycles. The quantitative estimate of drug-likeness (QED) is 0.620. The van der Waals surface area contributed by atoms with Crippen molar-refractivity contribution < 1.29 is 0 Å². The second kappa shape index (κ2) is 4.99. The van der Waals surface area contributed by atoms with Crippen LogP contribution in [0.25, 0.3) is 0 Å². The van der Waals surface area contributed by atoms with Crippen LogP contribution in [0.1, 0.15) is 51.4 Å². The van der Waals surface area contributed by atoms with Gasteiger partial charge in [0.05, 0.1) is 0 Å². The van der Waals surface area contributed by atoms with Crippen LogP contribution in [0.5, 0.6) is 0 Å². The van der Waals surface area contributed by atoms with Crippen molar-refractivity contribution in [3.05, 3.63) is 0 Å². The maximum atomic E-state index is 4.42. The van der Waals surface area contributed by atoms with Gasteiger partial charge in [0, 0.05) is 13.1 Å². The first-order valence-corrected chi connectivity index (χ1v) is 6.08. The summed E-state index contributed by atoms with van der Waals surface area (Å²) >= 11 is 0. The molecule has 1 aliphatic heterocycles. The second-order valence-corrected chi connectivity index (χ2v) is 4.85. The maximum Gasteiger partial charge on any atom is 0.0136 e. The van der Waals surface area contributed by atoms with E-state index in [9.17, 15) is 0 Å². The van der Waals surface area contributed by atoms with Gasteiger partial charge in [0.1, 0.15) is 0 Å². The Labute approximate surface area is 82.3 Å². The van der Waals surface area contributed by atoms with Gasteiger partial charge in [-0.25, -0.2) is 5.32 Å². The van der Waals surface area contributed by atoms with E-state index < -0.39 is 0 Å². The summed E-state index contributed by atoms with van der Waals surface area (Å²) in [6.07, 6.45) is 11.8. The molecule has 0 aromatic heterocycles. The van der Waals surface area contributed by atoms with E-state index in [0.717, 1.165) is 24.9 Å². The molecule has 2 rings (SSSR count). The molecule has 2 fully saturated rings. The number of hydrogen-bond donors (Lipinski definition) is 0. The molecule has 75 valence electrons. The van der Waals surface area contributed by atoms with Crippen molar-refractivity contribution in [1.82, 2.24) is 5.32 Å². The highest BCUT2D eigenvalue weighted by atomic mass is 14.9. The smallest absolute Gasteiger partial charge is 0.0136 e. The van der Waals surface area contributed by atoms with Crippen molar-refractivity contribution in [3.8, 4) is 0 Å². The van der Waals surface area contributed by atoms with Crippen LogP contribution >= 0.6 is 0 Å². The lowest BCUT2D eigenvalue weighted by Crippen LogP contribution is -2.24. The van der Waals surface area contributed by atoms with Crippen LogP contribution in [0.4, 0.5) is 0 Å². The van der Waals surface area contributed by atoms with Crippen molar-refractivity contribution in [2.45, 2.75) is 51.4 Å². The molecular weight excluding hydrogens is 158 g/mol. The van der Waals surface area contributed by atoms with E-state index in [1.807, 2.05) is 0 Å². The molecule has 1 heteroatoms. The molecule has 1 nitrogen and oxygen atoms in total. The third kappa shape index (κ3) is 2.98. The van der Waals surface area contributed by atoms with Gasteiger partial charge >= 0.3 is 0 Å². The van der Waals surface area contributed by atoms with E-state index in [-0.39, 0.29) is 0 Å². The lowest BCUT2D eigenvalue weighted by molar-refractivity contribution is 0.250. The number of rotatable bonds is 2. The van der Waals surface area contributed by atoms with Crippen molar-refractivity contribution in [2.24, 2.45) is 11.8 Å². The zero-order valence-electron chi connectivity index (χ0n) is 8.67. The average molecular weight is 180 g/mol. The standard InChI is InChI=1S/C12H22N/c1-2-4-11(5-3-1)10-12-6-8-13-9-7-12/h11-12H,1-10H2. The minimum Gasteiger partial charge on any atom is -0.242 e. The van der Waals surface area contributed by atoms with E-state index in [1.54, 1.807) is 0 Å². The zero-order valence-corrected chi connectivity index (χ0v) is 8.67. The molecule has 0 amide bonds.